The zero-order valence-electron chi connectivity index (χ0n) is 31.6. The van der Waals surface area contributed by atoms with Gasteiger partial charge in [-0.3, -0.25) is 14.4 Å². The number of halogens is 2. The number of carbonyl (C=O) groups excluding carboxylic acids is 3. The fourth-order valence-electron chi connectivity index (χ4n) is 6.86. The number of ether oxygens (including phenoxy) is 3. The van der Waals surface area contributed by atoms with Crippen molar-refractivity contribution in [1.82, 2.24) is 20.9 Å². The zero-order valence-corrected chi connectivity index (χ0v) is 31.6. The quantitative estimate of drug-likeness (QED) is 0.160. The molecule has 11 nitrogen and oxygen atoms in total. The van der Waals surface area contributed by atoms with Crippen LogP contribution in [-0.2, 0) is 36.8 Å². The summed E-state index contributed by atoms with van der Waals surface area (Å²) in [5, 5.41) is 20.4. The molecule has 5 atom stereocenters. The van der Waals surface area contributed by atoms with Gasteiger partial charge < -0.3 is 40.2 Å². The molecule has 0 aromatic heterocycles. The molecule has 0 saturated heterocycles. The highest BCUT2D eigenvalue weighted by molar-refractivity contribution is 5.94. The van der Waals surface area contributed by atoms with Gasteiger partial charge in [-0.05, 0) is 73.4 Å². The summed E-state index contributed by atoms with van der Waals surface area (Å²) in [5.41, 5.74) is 1.58. The largest absolute Gasteiger partial charge is 0.391 e. The Hall–Kier alpha value is -3.49. The smallest absolute Gasteiger partial charge is 0.253 e. The van der Waals surface area contributed by atoms with Crippen molar-refractivity contribution in [3.8, 4) is 0 Å². The second-order valence-electron chi connectivity index (χ2n) is 13.9. The van der Waals surface area contributed by atoms with Crippen LogP contribution in [0.15, 0.2) is 42.5 Å². The zero-order chi connectivity index (χ0) is 38.4. The van der Waals surface area contributed by atoms with E-state index >= 15 is 0 Å². The summed E-state index contributed by atoms with van der Waals surface area (Å²) in [6, 6.07) is 8.29. The lowest BCUT2D eigenvalue weighted by Crippen LogP contribution is -2.57. The lowest BCUT2D eigenvalue weighted by atomic mass is 9.87. The minimum atomic E-state index is -1.30. The van der Waals surface area contributed by atoms with Crippen LogP contribution in [-0.4, -0.2) is 105 Å². The predicted octanol–water partition coefficient (Wildman–Crippen LogP) is 4.14. The molecule has 1 aliphatic carbocycles. The van der Waals surface area contributed by atoms with Crippen LogP contribution in [0.2, 0.25) is 0 Å². The number of rotatable bonds is 20. The maximum atomic E-state index is 14.1. The molecule has 290 valence electrons. The fraction of sp³-hybridized carbons (Fsp3) is 0.615. The van der Waals surface area contributed by atoms with Crippen LogP contribution < -0.4 is 16.0 Å². The monoisotopic (exact) mass is 732 g/mol. The molecule has 1 saturated carbocycles. The van der Waals surface area contributed by atoms with E-state index in [1.54, 1.807) is 39.5 Å². The number of aliphatic hydroxyl groups excluding tert-OH is 1. The first-order chi connectivity index (χ1) is 24.8. The summed E-state index contributed by atoms with van der Waals surface area (Å²) in [6.07, 6.45) is 0.101. The Labute approximate surface area is 307 Å². The lowest BCUT2D eigenvalue weighted by Gasteiger charge is -2.40. The summed E-state index contributed by atoms with van der Waals surface area (Å²) in [6.45, 7) is 9.16. The van der Waals surface area contributed by atoms with Crippen molar-refractivity contribution in [3.63, 3.8) is 0 Å². The third-order valence-electron chi connectivity index (χ3n) is 9.51. The average molecular weight is 733 g/mol. The van der Waals surface area contributed by atoms with Gasteiger partial charge >= 0.3 is 0 Å². The first kappa shape index (κ1) is 42.9. The van der Waals surface area contributed by atoms with Crippen molar-refractivity contribution >= 4 is 17.7 Å². The molecular formula is C39H58F2N4O7. The molecule has 0 spiro atoms. The molecule has 4 N–H and O–H groups in total. The molecule has 0 bridgehead atoms. The summed E-state index contributed by atoms with van der Waals surface area (Å²) in [5.74, 6) is -2.81. The second kappa shape index (κ2) is 21.3. The van der Waals surface area contributed by atoms with Crippen molar-refractivity contribution in [2.24, 2.45) is 5.92 Å². The van der Waals surface area contributed by atoms with Gasteiger partial charge in [-0.1, -0.05) is 39.8 Å². The van der Waals surface area contributed by atoms with Crippen molar-refractivity contribution in [1.29, 1.82) is 0 Å². The molecule has 1 aliphatic rings. The highest BCUT2D eigenvalue weighted by Crippen LogP contribution is 2.26. The first-order valence-corrected chi connectivity index (χ1v) is 18.3. The van der Waals surface area contributed by atoms with E-state index in [-0.39, 0.29) is 61.5 Å². The summed E-state index contributed by atoms with van der Waals surface area (Å²) in [7, 11) is 4.75. The van der Waals surface area contributed by atoms with Gasteiger partial charge in [0.05, 0.1) is 24.7 Å². The molecule has 13 heteroatoms. The molecule has 0 aliphatic heterocycles. The van der Waals surface area contributed by atoms with E-state index in [0.29, 0.717) is 37.1 Å². The van der Waals surface area contributed by atoms with Crippen LogP contribution in [0.4, 0.5) is 8.78 Å². The molecule has 0 radical (unpaired) electrons. The minimum absolute atomic E-state index is 0.00209. The molecule has 52 heavy (non-hydrogen) atoms. The molecule has 1 fully saturated rings. The Morgan fingerprint density at radius 3 is 2.06 bits per heavy atom. The Morgan fingerprint density at radius 1 is 0.904 bits per heavy atom. The number of benzene rings is 2. The fourth-order valence-corrected chi connectivity index (χ4v) is 6.86. The van der Waals surface area contributed by atoms with Crippen molar-refractivity contribution in [2.45, 2.75) is 115 Å². The number of hydrogen-bond donors (Lipinski definition) is 4. The number of methoxy groups -OCH3 is 3. The number of hydrogen-bond acceptors (Lipinski definition) is 8. The van der Waals surface area contributed by atoms with E-state index in [1.807, 2.05) is 38.7 Å². The van der Waals surface area contributed by atoms with Crippen LogP contribution in [0.1, 0.15) is 81.3 Å². The number of amides is 3. The van der Waals surface area contributed by atoms with Gasteiger partial charge in [0, 0.05) is 64.7 Å². The molecule has 2 unspecified atom stereocenters. The highest BCUT2D eigenvalue weighted by atomic mass is 19.1. The molecular weight excluding hydrogens is 674 g/mol. The van der Waals surface area contributed by atoms with Crippen molar-refractivity contribution < 1.29 is 42.5 Å². The molecule has 3 amide bonds. The van der Waals surface area contributed by atoms with Crippen LogP contribution >= 0.6 is 0 Å². The van der Waals surface area contributed by atoms with E-state index in [9.17, 15) is 28.3 Å². The maximum Gasteiger partial charge on any atom is 0.253 e. The van der Waals surface area contributed by atoms with E-state index in [4.69, 9.17) is 14.2 Å². The summed E-state index contributed by atoms with van der Waals surface area (Å²) in [4.78, 5) is 41.9. The van der Waals surface area contributed by atoms with Crippen molar-refractivity contribution in [3.05, 3.63) is 70.8 Å². The SMILES string of the molecule is CCCN(CCC)C(=O)c1cccc(CN[C@@H](Cc2cc(F)cc(F)c2)[C@@H](O)CC(=O)N[C@H](C(=O)NC2CC(OC)C(OC)C(OC)C2)C(C)C)c1. The van der Waals surface area contributed by atoms with Gasteiger partial charge in [0.2, 0.25) is 11.8 Å². The Bertz CT molecular complexity index is 1410. The highest BCUT2D eigenvalue weighted by Gasteiger charge is 2.40. The van der Waals surface area contributed by atoms with Crippen molar-refractivity contribution in [2.75, 3.05) is 34.4 Å². The van der Waals surface area contributed by atoms with Gasteiger partial charge in [-0.2, -0.15) is 0 Å². The van der Waals surface area contributed by atoms with Gasteiger partial charge in [0.1, 0.15) is 23.8 Å². The maximum absolute atomic E-state index is 14.1. The molecule has 2 aromatic carbocycles. The van der Waals surface area contributed by atoms with Gasteiger partial charge in [-0.25, -0.2) is 8.78 Å². The lowest BCUT2D eigenvalue weighted by molar-refractivity contribution is -0.141. The predicted molar refractivity (Wildman–Crippen MR) is 195 cm³/mol. The molecule has 3 rings (SSSR count). The Balaban J connectivity index is 1.73. The van der Waals surface area contributed by atoms with Gasteiger partial charge in [-0.15, -0.1) is 0 Å². The van der Waals surface area contributed by atoms with Crippen LogP contribution in [0.25, 0.3) is 0 Å². The third kappa shape index (κ3) is 12.6. The molecule has 2 aromatic rings. The third-order valence-corrected chi connectivity index (χ3v) is 9.51. The van der Waals surface area contributed by atoms with E-state index in [1.165, 1.54) is 12.1 Å². The van der Waals surface area contributed by atoms with E-state index in [0.717, 1.165) is 24.5 Å². The van der Waals surface area contributed by atoms with E-state index < -0.39 is 35.7 Å². The first-order valence-electron chi connectivity index (χ1n) is 18.3. The minimum Gasteiger partial charge on any atom is -0.391 e. The summed E-state index contributed by atoms with van der Waals surface area (Å²) >= 11 is 0. The normalized spacial score (nSPS) is 20.6. The number of nitrogens with zero attached hydrogens (tertiary/aromatic N) is 1. The second-order valence-corrected chi connectivity index (χ2v) is 13.9. The van der Waals surface area contributed by atoms with Crippen LogP contribution in [0.5, 0.6) is 0 Å². The Kier molecular flexibility index (Phi) is 17.6. The number of carbonyl (C=O) groups is 3. The van der Waals surface area contributed by atoms with Crippen LogP contribution in [0, 0.1) is 17.6 Å². The van der Waals surface area contributed by atoms with Crippen LogP contribution in [0.3, 0.4) is 0 Å². The summed E-state index contributed by atoms with van der Waals surface area (Å²) < 4.78 is 45.1. The topological polar surface area (TPSA) is 138 Å². The molecule has 0 heterocycles. The van der Waals surface area contributed by atoms with Gasteiger partial charge in [0.25, 0.3) is 5.91 Å². The Morgan fingerprint density at radius 2 is 1.52 bits per heavy atom. The number of aliphatic hydroxyl groups is 1. The standard InChI is InChI=1S/C39H58F2N4O7/c1-8-13-45(14-9-2)39(49)27-12-10-11-25(15-27)23-42-31(18-26-16-28(40)19-29(41)17-26)32(46)22-35(47)44-36(24(3)4)38(48)43-30-20-33(50-5)37(52-7)34(21-30)51-6/h10-12,15-17,19,24,30-34,36-37,42,46H,8-9,13-14,18,20-23H2,1-7H3,(H,43,48)(H,44,47)/t30?,31-,32-,33?,34?,36-,37?/m0/s1. The number of nitrogens with one attached hydrogen (secondary N) is 3. The van der Waals surface area contributed by atoms with E-state index in [2.05, 4.69) is 16.0 Å². The average Bonchev–Trinajstić information content (AvgIpc) is 3.10. The van der Waals surface area contributed by atoms with Gasteiger partial charge in [0.15, 0.2) is 0 Å².